The summed E-state index contributed by atoms with van der Waals surface area (Å²) in [5, 5.41) is 9.56. The second kappa shape index (κ2) is 4.57. The maximum Gasteiger partial charge on any atom is 0.307 e. The second-order valence-electron chi connectivity index (χ2n) is 3.46. The van der Waals surface area contributed by atoms with Crippen LogP contribution in [0.1, 0.15) is 12.0 Å². The predicted octanol–water partition coefficient (Wildman–Crippen LogP) is 2.72. The zero-order chi connectivity index (χ0) is 11.4. The van der Waals surface area contributed by atoms with Crippen molar-refractivity contribution in [1.29, 1.82) is 0 Å². The third-order valence-electron chi connectivity index (χ3n) is 2.23. The van der Waals surface area contributed by atoms with Crippen LogP contribution in [0.15, 0.2) is 42.6 Å². The Bertz CT molecular complexity index is 546. The van der Waals surface area contributed by atoms with Gasteiger partial charge in [0.15, 0.2) is 0 Å². The Hall–Kier alpha value is -2.16. The number of pyridine rings is 1. The van der Waals surface area contributed by atoms with E-state index in [0.717, 1.165) is 16.5 Å². The van der Waals surface area contributed by atoms with Crippen molar-refractivity contribution < 1.29 is 9.90 Å². The van der Waals surface area contributed by atoms with Crippen molar-refractivity contribution in [1.82, 2.24) is 4.98 Å². The molecular formula is C13H11NO2. The molecule has 0 unspecified atom stereocenters. The first-order valence-corrected chi connectivity index (χ1v) is 4.99. The van der Waals surface area contributed by atoms with E-state index in [-0.39, 0.29) is 6.42 Å². The Labute approximate surface area is 93.1 Å². The van der Waals surface area contributed by atoms with Gasteiger partial charge in [0, 0.05) is 11.6 Å². The van der Waals surface area contributed by atoms with E-state index in [0.29, 0.717) is 0 Å². The van der Waals surface area contributed by atoms with Gasteiger partial charge in [-0.05, 0) is 23.8 Å². The Balaban J connectivity index is 2.26. The number of fused-ring (bicyclic) bond motifs is 1. The largest absolute Gasteiger partial charge is 0.481 e. The lowest BCUT2D eigenvalue weighted by molar-refractivity contribution is -0.135. The standard InChI is InChI=1S/C13H11NO2/c15-13(16)5-1-3-10-6-7-12-11(9-10)4-2-8-14-12/h1-4,6-9H,5H2,(H,15,16)/b3-1+. The van der Waals surface area contributed by atoms with E-state index in [2.05, 4.69) is 4.98 Å². The molecule has 1 aromatic heterocycles. The van der Waals surface area contributed by atoms with E-state index < -0.39 is 5.97 Å². The molecule has 80 valence electrons. The number of hydrogen-bond donors (Lipinski definition) is 1. The highest BCUT2D eigenvalue weighted by Crippen LogP contribution is 2.14. The maximum atomic E-state index is 10.3. The minimum atomic E-state index is -0.821. The Morgan fingerprint density at radius 1 is 1.38 bits per heavy atom. The van der Waals surface area contributed by atoms with Gasteiger partial charge >= 0.3 is 5.97 Å². The van der Waals surface area contributed by atoms with Gasteiger partial charge in [-0.25, -0.2) is 0 Å². The first kappa shape index (κ1) is 10.4. The van der Waals surface area contributed by atoms with Crippen molar-refractivity contribution in [2.75, 3.05) is 0 Å². The molecule has 1 heterocycles. The Morgan fingerprint density at radius 2 is 2.25 bits per heavy atom. The topological polar surface area (TPSA) is 50.2 Å². The lowest BCUT2D eigenvalue weighted by atomic mass is 10.1. The van der Waals surface area contributed by atoms with E-state index in [4.69, 9.17) is 5.11 Å². The van der Waals surface area contributed by atoms with Crippen LogP contribution >= 0.6 is 0 Å². The summed E-state index contributed by atoms with van der Waals surface area (Å²) in [6, 6.07) is 9.70. The first-order chi connectivity index (χ1) is 7.75. The summed E-state index contributed by atoms with van der Waals surface area (Å²) in [5.41, 5.74) is 1.93. The van der Waals surface area contributed by atoms with Crippen molar-refractivity contribution in [3.05, 3.63) is 48.2 Å². The number of nitrogens with zero attached hydrogens (tertiary/aromatic N) is 1. The molecule has 2 rings (SSSR count). The number of carbonyl (C=O) groups is 1. The monoisotopic (exact) mass is 213 g/mol. The van der Waals surface area contributed by atoms with Gasteiger partial charge in [-0.3, -0.25) is 9.78 Å². The molecule has 0 aliphatic heterocycles. The van der Waals surface area contributed by atoms with Gasteiger partial charge in [0.1, 0.15) is 0 Å². The lowest BCUT2D eigenvalue weighted by Crippen LogP contribution is -1.89. The van der Waals surface area contributed by atoms with Gasteiger partial charge in [-0.1, -0.05) is 24.3 Å². The highest BCUT2D eigenvalue weighted by molar-refractivity contribution is 5.81. The van der Waals surface area contributed by atoms with Crippen LogP contribution < -0.4 is 0 Å². The van der Waals surface area contributed by atoms with Gasteiger partial charge in [-0.2, -0.15) is 0 Å². The van der Waals surface area contributed by atoms with Gasteiger partial charge in [0.05, 0.1) is 11.9 Å². The minimum absolute atomic E-state index is 0.0467. The molecule has 0 bridgehead atoms. The van der Waals surface area contributed by atoms with Crippen LogP contribution in [-0.2, 0) is 4.79 Å². The smallest absolute Gasteiger partial charge is 0.307 e. The fraction of sp³-hybridized carbons (Fsp3) is 0.0769. The number of aliphatic carboxylic acids is 1. The summed E-state index contributed by atoms with van der Waals surface area (Å²) in [6.07, 6.45) is 5.24. The molecule has 0 spiro atoms. The number of carboxylic acids is 1. The maximum absolute atomic E-state index is 10.3. The number of aromatic nitrogens is 1. The summed E-state index contributed by atoms with van der Waals surface area (Å²) < 4.78 is 0. The third kappa shape index (κ3) is 2.45. The highest BCUT2D eigenvalue weighted by Gasteiger charge is 1.94. The van der Waals surface area contributed by atoms with E-state index >= 15 is 0 Å². The minimum Gasteiger partial charge on any atom is -0.481 e. The number of benzene rings is 1. The molecule has 1 aromatic carbocycles. The first-order valence-electron chi connectivity index (χ1n) is 4.99. The number of hydrogen-bond acceptors (Lipinski definition) is 2. The van der Waals surface area contributed by atoms with E-state index in [9.17, 15) is 4.79 Å². The van der Waals surface area contributed by atoms with E-state index in [1.807, 2.05) is 30.3 Å². The number of carboxylic acid groups (broad SMARTS) is 1. The lowest BCUT2D eigenvalue weighted by Gasteiger charge is -1.97. The van der Waals surface area contributed by atoms with Crippen LogP contribution in [0.2, 0.25) is 0 Å². The summed E-state index contributed by atoms with van der Waals surface area (Å²) >= 11 is 0. The van der Waals surface area contributed by atoms with Gasteiger partial charge < -0.3 is 5.11 Å². The SMILES string of the molecule is O=C(O)C/C=C/c1ccc2ncccc2c1. The summed E-state index contributed by atoms with van der Waals surface area (Å²) in [6.45, 7) is 0. The summed E-state index contributed by atoms with van der Waals surface area (Å²) in [7, 11) is 0. The normalized spacial score (nSPS) is 11.0. The van der Waals surface area contributed by atoms with Gasteiger partial charge in [-0.15, -0.1) is 0 Å². The average molecular weight is 213 g/mol. The summed E-state index contributed by atoms with van der Waals surface area (Å²) in [4.78, 5) is 14.6. The van der Waals surface area contributed by atoms with Gasteiger partial charge in [0.25, 0.3) is 0 Å². The fourth-order valence-electron chi connectivity index (χ4n) is 1.49. The van der Waals surface area contributed by atoms with Crippen molar-refractivity contribution >= 4 is 22.9 Å². The Kier molecular flexibility index (Phi) is 2.96. The van der Waals surface area contributed by atoms with Gasteiger partial charge in [0.2, 0.25) is 0 Å². The molecule has 0 aliphatic rings. The molecule has 0 aliphatic carbocycles. The molecule has 0 radical (unpaired) electrons. The highest BCUT2D eigenvalue weighted by atomic mass is 16.4. The van der Waals surface area contributed by atoms with Crippen molar-refractivity contribution in [3.63, 3.8) is 0 Å². The third-order valence-corrected chi connectivity index (χ3v) is 2.23. The molecular weight excluding hydrogens is 202 g/mol. The molecule has 16 heavy (non-hydrogen) atoms. The molecule has 2 aromatic rings. The molecule has 1 N–H and O–H groups in total. The molecule has 0 fully saturated rings. The molecule has 3 heteroatoms. The van der Waals surface area contributed by atoms with E-state index in [1.165, 1.54) is 0 Å². The number of rotatable bonds is 3. The zero-order valence-corrected chi connectivity index (χ0v) is 8.63. The van der Waals surface area contributed by atoms with Crippen LogP contribution in [0.25, 0.3) is 17.0 Å². The molecule has 0 saturated heterocycles. The van der Waals surface area contributed by atoms with Crippen LogP contribution in [0.4, 0.5) is 0 Å². The van der Waals surface area contributed by atoms with Crippen LogP contribution in [0.3, 0.4) is 0 Å². The van der Waals surface area contributed by atoms with E-state index in [1.54, 1.807) is 18.3 Å². The zero-order valence-electron chi connectivity index (χ0n) is 8.63. The summed E-state index contributed by atoms with van der Waals surface area (Å²) in [5.74, 6) is -0.821. The van der Waals surface area contributed by atoms with Crippen molar-refractivity contribution in [2.45, 2.75) is 6.42 Å². The Morgan fingerprint density at radius 3 is 3.06 bits per heavy atom. The van der Waals surface area contributed by atoms with Crippen LogP contribution in [-0.4, -0.2) is 16.1 Å². The quantitative estimate of drug-likeness (QED) is 0.852. The fourth-order valence-corrected chi connectivity index (χ4v) is 1.49. The molecule has 0 atom stereocenters. The second-order valence-corrected chi connectivity index (χ2v) is 3.46. The molecule has 0 saturated carbocycles. The van der Waals surface area contributed by atoms with Crippen LogP contribution in [0.5, 0.6) is 0 Å². The average Bonchev–Trinajstić information content (AvgIpc) is 2.28. The molecule has 3 nitrogen and oxygen atoms in total. The van der Waals surface area contributed by atoms with Crippen LogP contribution in [0, 0.1) is 0 Å². The van der Waals surface area contributed by atoms with Crippen molar-refractivity contribution in [3.8, 4) is 0 Å². The predicted molar refractivity (Wildman–Crippen MR) is 63.0 cm³/mol. The van der Waals surface area contributed by atoms with Crippen molar-refractivity contribution in [2.24, 2.45) is 0 Å². The molecule has 0 amide bonds.